The molecule has 0 aliphatic rings. The van der Waals surface area contributed by atoms with E-state index in [0.717, 1.165) is 11.5 Å². The quantitative estimate of drug-likeness (QED) is 0.795. The molecule has 4 nitrogen and oxygen atoms in total. The van der Waals surface area contributed by atoms with Gasteiger partial charge in [-0.2, -0.15) is 11.8 Å². The summed E-state index contributed by atoms with van der Waals surface area (Å²) in [7, 11) is 0. The average Bonchev–Trinajstić information content (AvgIpc) is 2.43. The van der Waals surface area contributed by atoms with Gasteiger partial charge < -0.3 is 11.1 Å². The Kier molecular flexibility index (Phi) is 7.01. The number of nitrogens with one attached hydrogen (secondary N) is 1. The number of rotatable bonds is 5. The van der Waals surface area contributed by atoms with Gasteiger partial charge in [0.05, 0.1) is 12.1 Å². The highest BCUT2D eigenvalue weighted by Crippen LogP contribution is 2.05. The van der Waals surface area contributed by atoms with Crippen LogP contribution in [0.1, 0.15) is 29.8 Å². The number of amides is 1. The van der Waals surface area contributed by atoms with Gasteiger partial charge in [-0.3, -0.25) is 9.78 Å². The van der Waals surface area contributed by atoms with E-state index in [1.54, 1.807) is 30.2 Å². The summed E-state index contributed by atoms with van der Waals surface area (Å²) >= 11 is 1.80. The number of thioether (sulfide) groups is 1. The Morgan fingerprint density at radius 2 is 2.37 bits per heavy atom. The molecule has 0 radical (unpaired) electrons. The van der Waals surface area contributed by atoms with Crippen LogP contribution in [0.5, 0.6) is 0 Å². The zero-order valence-corrected chi connectivity index (χ0v) is 12.1. The summed E-state index contributed by atoms with van der Waals surface area (Å²) in [6.45, 7) is 4.39. The second-order valence-electron chi connectivity index (χ2n) is 4.00. The second kappa shape index (κ2) is 8.57. The van der Waals surface area contributed by atoms with Crippen LogP contribution < -0.4 is 11.1 Å². The van der Waals surface area contributed by atoms with E-state index in [-0.39, 0.29) is 11.9 Å². The van der Waals surface area contributed by atoms with Gasteiger partial charge in [-0.25, -0.2) is 0 Å². The monoisotopic (exact) mass is 277 g/mol. The molecule has 0 aliphatic carbocycles. The van der Waals surface area contributed by atoms with Crippen molar-refractivity contribution >= 4 is 17.7 Å². The van der Waals surface area contributed by atoms with E-state index < -0.39 is 0 Å². The van der Waals surface area contributed by atoms with Crippen LogP contribution >= 0.6 is 11.8 Å². The maximum absolute atomic E-state index is 12.0. The first-order valence-corrected chi connectivity index (χ1v) is 7.35. The number of nitrogens with zero attached hydrogens (tertiary/aromatic N) is 1. The van der Waals surface area contributed by atoms with Gasteiger partial charge in [0.15, 0.2) is 0 Å². The first-order chi connectivity index (χ1) is 9.17. The van der Waals surface area contributed by atoms with Gasteiger partial charge in [0.1, 0.15) is 0 Å². The SMILES string of the molecule is CCSCC(C)NC(=O)c1cncc(C#CCN)c1. The lowest BCUT2D eigenvalue weighted by atomic mass is 10.2. The van der Waals surface area contributed by atoms with Crippen molar-refractivity contribution in [2.75, 3.05) is 18.1 Å². The lowest BCUT2D eigenvalue weighted by molar-refractivity contribution is 0.0943. The van der Waals surface area contributed by atoms with E-state index in [9.17, 15) is 4.79 Å². The number of pyridine rings is 1. The van der Waals surface area contributed by atoms with Crippen LogP contribution in [-0.2, 0) is 0 Å². The van der Waals surface area contributed by atoms with Crippen LogP contribution in [0.2, 0.25) is 0 Å². The summed E-state index contributed by atoms with van der Waals surface area (Å²) in [5, 5.41) is 2.94. The molecule has 0 aromatic carbocycles. The summed E-state index contributed by atoms with van der Waals surface area (Å²) in [5.41, 5.74) is 6.54. The molecule has 1 rings (SSSR count). The first-order valence-electron chi connectivity index (χ1n) is 6.20. The van der Waals surface area contributed by atoms with Gasteiger partial charge in [-0.1, -0.05) is 18.8 Å². The van der Waals surface area contributed by atoms with Crippen molar-refractivity contribution in [3.8, 4) is 11.8 Å². The Morgan fingerprint density at radius 1 is 1.58 bits per heavy atom. The van der Waals surface area contributed by atoms with Gasteiger partial charge in [-0.05, 0) is 18.7 Å². The van der Waals surface area contributed by atoms with Crippen molar-refractivity contribution in [3.63, 3.8) is 0 Å². The smallest absolute Gasteiger partial charge is 0.253 e. The molecule has 19 heavy (non-hydrogen) atoms. The first kappa shape index (κ1) is 15.5. The fourth-order valence-electron chi connectivity index (χ4n) is 1.43. The number of hydrogen-bond donors (Lipinski definition) is 2. The van der Waals surface area contributed by atoms with Crippen LogP contribution in [0.4, 0.5) is 0 Å². The molecule has 102 valence electrons. The van der Waals surface area contributed by atoms with Gasteiger partial charge >= 0.3 is 0 Å². The third-order valence-electron chi connectivity index (χ3n) is 2.28. The summed E-state index contributed by atoms with van der Waals surface area (Å²) in [5.74, 6) is 7.44. The lowest BCUT2D eigenvalue weighted by Gasteiger charge is -2.12. The maximum atomic E-state index is 12.0. The summed E-state index contributed by atoms with van der Waals surface area (Å²) in [6, 6.07) is 1.86. The Hall–Kier alpha value is -1.51. The molecule has 1 atom stereocenters. The molecule has 0 bridgehead atoms. The predicted octanol–water partition coefficient (Wildman–Crippen LogP) is 1.26. The van der Waals surface area contributed by atoms with Crippen molar-refractivity contribution in [1.82, 2.24) is 10.3 Å². The van der Waals surface area contributed by atoms with E-state index in [2.05, 4.69) is 29.1 Å². The molecule has 1 aromatic rings. The van der Waals surface area contributed by atoms with E-state index in [0.29, 0.717) is 17.7 Å². The number of hydrogen-bond acceptors (Lipinski definition) is 4. The normalized spacial score (nSPS) is 11.3. The van der Waals surface area contributed by atoms with E-state index >= 15 is 0 Å². The third kappa shape index (κ3) is 5.77. The highest BCUT2D eigenvalue weighted by Gasteiger charge is 2.10. The predicted molar refractivity (Wildman–Crippen MR) is 80.1 cm³/mol. The molecule has 0 aliphatic heterocycles. The Balaban J connectivity index is 2.66. The van der Waals surface area contributed by atoms with Crippen LogP contribution in [0.25, 0.3) is 0 Å². The molecule has 1 heterocycles. The van der Waals surface area contributed by atoms with E-state index in [1.807, 2.05) is 6.92 Å². The topological polar surface area (TPSA) is 68.0 Å². The molecule has 0 fully saturated rings. The lowest BCUT2D eigenvalue weighted by Crippen LogP contribution is -2.34. The molecular formula is C14H19N3OS. The fraction of sp³-hybridized carbons (Fsp3) is 0.429. The van der Waals surface area contributed by atoms with E-state index in [1.165, 1.54) is 0 Å². The van der Waals surface area contributed by atoms with E-state index in [4.69, 9.17) is 5.73 Å². The van der Waals surface area contributed by atoms with Crippen molar-refractivity contribution in [3.05, 3.63) is 29.6 Å². The highest BCUT2D eigenvalue weighted by atomic mass is 32.2. The summed E-state index contributed by atoms with van der Waals surface area (Å²) < 4.78 is 0. The van der Waals surface area contributed by atoms with Crippen LogP contribution in [0, 0.1) is 11.8 Å². The maximum Gasteiger partial charge on any atom is 0.253 e. The molecule has 3 N–H and O–H groups in total. The molecule has 1 aromatic heterocycles. The highest BCUT2D eigenvalue weighted by molar-refractivity contribution is 7.99. The second-order valence-corrected chi connectivity index (χ2v) is 5.32. The van der Waals surface area contributed by atoms with Gasteiger partial charge in [-0.15, -0.1) is 0 Å². The van der Waals surface area contributed by atoms with Crippen LogP contribution in [-0.4, -0.2) is 35.0 Å². The van der Waals surface area contributed by atoms with Gasteiger partial charge in [0.2, 0.25) is 0 Å². The van der Waals surface area contributed by atoms with Crippen molar-refractivity contribution in [2.24, 2.45) is 5.73 Å². The van der Waals surface area contributed by atoms with Crippen LogP contribution in [0.3, 0.4) is 0 Å². The van der Waals surface area contributed by atoms with Gasteiger partial charge in [0, 0.05) is 29.8 Å². The molecule has 0 spiro atoms. The van der Waals surface area contributed by atoms with Crippen molar-refractivity contribution in [2.45, 2.75) is 19.9 Å². The largest absolute Gasteiger partial charge is 0.349 e. The summed E-state index contributed by atoms with van der Waals surface area (Å²) in [6.07, 6.45) is 3.17. The summed E-state index contributed by atoms with van der Waals surface area (Å²) in [4.78, 5) is 16.0. The molecular weight excluding hydrogens is 258 g/mol. The zero-order chi connectivity index (χ0) is 14.1. The molecule has 5 heteroatoms. The molecule has 1 amide bonds. The number of aromatic nitrogens is 1. The molecule has 0 saturated carbocycles. The number of carbonyl (C=O) groups excluding carboxylic acids is 1. The zero-order valence-electron chi connectivity index (χ0n) is 11.3. The van der Waals surface area contributed by atoms with Gasteiger partial charge in [0.25, 0.3) is 5.91 Å². The molecule has 0 saturated heterocycles. The number of nitrogens with two attached hydrogens (primary N) is 1. The standard InChI is InChI=1S/C14H19N3OS/c1-3-19-10-11(2)17-14(18)13-7-12(5-4-6-15)8-16-9-13/h7-9,11H,3,6,10,15H2,1-2H3,(H,17,18). The van der Waals surface area contributed by atoms with Crippen LogP contribution in [0.15, 0.2) is 18.5 Å². The Bertz CT molecular complexity index is 479. The van der Waals surface area contributed by atoms with Crippen molar-refractivity contribution < 1.29 is 4.79 Å². The minimum atomic E-state index is -0.117. The fourth-order valence-corrected chi connectivity index (χ4v) is 2.10. The number of carbonyl (C=O) groups is 1. The Labute approximate surface area is 118 Å². The van der Waals surface area contributed by atoms with Crippen molar-refractivity contribution in [1.29, 1.82) is 0 Å². The third-order valence-corrected chi connectivity index (χ3v) is 3.43. The average molecular weight is 277 g/mol. The minimum absolute atomic E-state index is 0.117. The molecule has 1 unspecified atom stereocenters. The minimum Gasteiger partial charge on any atom is -0.349 e. The Morgan fingerprint density at radius 3 is 3.05 bits per heavy atom.